The van der Waals surface area contributed by atoms with Crippen molar-refractivity contribution in [2.24, 2.45) is 5.92 Å². The van der Waals surface area contributed by atoms with E-state index in [-0.39, 0.29) is 11.7 Å². The smallest absolute Gasteiger partial charge is 0.351 e. The third-order valence-corrected chi connectivity index (χ3v) is 3.08. The first-order chi connectivity index (χ1) is 8.75. The monoisotopic (exact) mass is 275 g/mol. The van der Waals surface area contributed by atoms with Gasteiger partial charge in [-0.1, -0.05) is 13.8 Å². The molecule has 1 saturated heterocycles. The molecule has 1 aromatic rings. The lowest BCUT2D eigenvalue weighted by Crippen LogP contribution is -2.42. The molecule has 2 rings (SSSR count). The average molecular weight is 275 g/mol. The van der Waals surface area contributed by atoms with Gasteiger partial charge < -0.3 is 15.6 Å². The Balaban J connectivity index is 2.42. The maximum absolute atomic E-state index is 14.0. The number of aliphatic hydroxyl groups is 1. The van der Waals surface area contributed by atoms with Crippen LogP contribution in [0.25, 0.3) is 0 Å². The third-order valence-electron chi connectivity index (χ3n) is 3.08. The van der Waals surface area contributed by atoms with Crippen molar-refractivity contribution in [2.45, 2.75) is 38.2 Å². The van der Waals surface area contributed by atoms with Crippen LogP contribution in [0.3, 0.4) is 0 Å². The van der Waals surface area contributed by atoms with Gasteiger partial charge in [0, 0.05) is 6.20 Å². The van der Waals surface area contributed by atoms with E-state index in [0.717, 1.165) is 6.20 Å². The van der Waals surface area contributed by atoms with Crippen molar-refractivity contribution < 1.29 is 18.6 Å². The number of hydrogen-bond acceptors (Lipinski definition) is 5. The van der Waals surface area contributed by atoms with Gasteiger partial charge in [-0.05, 0) is 12.0 Å². The zero-order chi connectivity index (χ0) is 14.4. The van der Waals surface area contributed by atoms with Crippen LogP contribution >= 0.6 is 0 Å². The molecule has 0 aromatic carbocycles. The molecule has 0 saturated carbocycles. The number of rotatable bonds is 2. The predicted octanol–water partition coefficient (Wildman–Crippen LogP) is 0.375. The summed E-state index contributed by atoms with van der Waals surface area (Å²) in [5, 5.41) is 9.63. The Kier molecular flexibility index (Phi) is 3.31. The van der Waals surface area contributed by atoms with Gasteiger partial charge in [-0.3, -0.25) is 4.57 Å². The normalized spacial score (nSPS) is 29.9. The van der Waals surface area contributed by atoms with Crippen molar-refractivity contribution in [3.8, 4) is 0 Å². The second kappa shape index (κ2) is 4.53. The van der Waals surface area contributed by atoms with Gasteiger partial charge in [0.05, 0.1) is 6.10 Å². The zero-order valence-corrected chi connectivity index (χ0v) is 10.5. The fourth-order valence-electron chi connectivity index (χ4n) is 2.06. The molecule has 0 radical (unpaired) electrons. The highest BCUT2D eigenvalue weighted by Crippen LogP contribution is 2.44. The summed E-state index contributed by atoms with van der Waals surface area (Å²) < 4.78 is 33.8. The second-order valence-electron chi connectivity index (χ2n) is 4.86. The molecular formula is C11H15F2N3O3. The first-order valence-corrected chi connectivity index (χ1v) is 5.81. The number of nitrogen functional groups attached to an aromatic ring is 1. The van der Waals surface area contributed by atoms with Crippen molar-refractivity contribution in [1.29, 1.82) is 0 Å². The van der Waals surface area contributed by atoms with E-state index in [0.29, 0.717) is 4.57 Å². The van der Waals surface area contributed by atoms with Crippen LogP contribution in [0, 0.1) is 5.92 Å². The maximum Gasteiger partial charge on any atom is 0.351 e. The Morgan fingerprint density at radius 3 is 2.68 bits per heavy atom. The third kappa shape index (κ3) is 2.21. The van der Waals surface area contributed by atoms with Crippen molar-refractivity contribution in [3.63, 3.8) is 0 Å². The molecule has 0 aliphatic carbocycles. The zero-order valence-electron chi connectivity index (χ0n) is 10.5. The largest absolute Gasteiger partial charge is 0.384 e. The molecule has 2 heterocycles. The highest BCUT2D eigenvalue weighted by molar-refractivity contribution is 5.23. The van der Waals surface area contributed by atoms with Crippen LogP contribution in [-0.2, 0) is 4.74 Å². The van der Waals surface area contributed by atoms with Gasteiger partial charge in [-0.2, -0.15) is 13.8 Å². The number of aromatic nitrogens is 2. The fraction of sp³-hybridized carbons (Fsp3) is 0.636. The molecule has 1 fully saturated rings. The minimum Gasteiger partial charge on any atom is -0.384 e. The number of anilines is 1. The standard InChI is InChI=1S/C11H15F2N3O3/c1-5(2)7-8(17)11(12,13)9(19-7)16-4-3-6(14)15-10(16)18/h3-5,7-9,17H,1-2H3,(H2,14,15,18)/t7?,8-,9+/m0/s1. The van der Waals surface area contributed by atoms with Crippen molar-refractivity contribution in [3.05, 3.63) is 22.7 Å². The van der Waals surface area contributed by atoms with Crippen molar-refractivity contribution in [2.75, 3.05) is 5.73 Å². The molecule has 106 valence electrons. The molecule has 1 unspecified atom stereocenters. The molecule has 0 amide bonds. The molecule has 1 aromatic heterocycles. The van der Waals surface area contributed by atoms with Gasteiger partial charge in [0.1, 0.15) is 11.9 Å². The van der Waals surface area contributed by atoms with Gasteiger partial charge in [0.2, 0.25) is 6.23 Å². The lowest BCUT2D eigenvalue weighted by Gasteiger charge is -2.21. The van der Waals surface area contributed by atoms with Crippen LogP contribution in [0.4, 0.5) is 14.6 Å². The van der Waals surface area contributed by atoms with Crippen molar-refractivity contribution in [1.82, 2.24) is 9.55 Å². The quantitative estimate of drug-likeness (QED) is 0.814. The number of nitrogens with two attached hydrogens (primary N) is 1. The lowest BCUT2D eigenvalue weighted by atomic mass is 10.00. The van der Waals surface area contributed by atoms with Gasteiger partial charge in [0.15, 0.2) is 0 Å². The summed E-state index contributed by atoms with van der Waals surface area (Å²) in [5.74, 6) is -3.96. The summed E-state index contributed by atoms with van der Waals surface area (Å²) in [6, 6.07) is 1.22. The molecule has 0 bridgehead atoms. The van der Waals surface area contributed by atoms with Crippen molar-refractivity contribution >= 4 is 5.82 Å². The molecule has 1 aliphatic heterocycles. The number of aliphatic hydroxyl groups excluding tert-OH is 1. The fourth-order valence-corrected chi connectivity index (χ4v) is 2.06. The molecular weight excluding hydrogens is 260 g/mol. The highest BCUT2D eigenvalue weighted by atomic mass is 19.3. The summed E-state index contributed by atoms with van der Waals surface area (Å²) in [4.78, 5) is 14.9. The Morgan fingerprint density at radius 1 is 1.58 bits per heavy atom. The van der Waals surface area contributed by atoms with Gasteiger partial charge in [-0.25, -0.2) is 4.79 Å². The van der Waals surface area contributed by atoms with E-state index in [1.54, 1.807) is 13.8 Å². The SMILES string of the molecule is CC(C)C1O[C@@H](n2ccc(N)nc2=O)C(F)(F)[C@H]1O. The predicted molar refractivity (Wildman–Crippen MR) is 62.6 cm³/mol. The van der Waals surface area contributed by atoms with E-state index >= 15 is 0 Å². The van der Waals surface area contributed by atoms with Crippen LogP contribution in [0.1, 0.15) is 20.1 Å². The number of alkyl halides is 2. The molecule has 3 N–H and O–H groups in total. The minimum atomic E-state index is -3.57. The van der Waals surface area contributed by atoms with Gasteiger partial charge >= 0.3 is 11.6 Å². The van der Waals surface area contributed by atoms with Crippen LogP contribution < -0.4 is 11.4 Å². The molecule has 0 spiro atoms. The van der Waals surface area contributed by atoms with Crippen LogP contribution in [0.2, 0.25) is 0 Å². The van der Waals surface area contributed by atoms with Crippen LogP contribution in [-0.4, -0.2) is 32.8 Å². The van der Waals surface area contributed by atoms with Gasteiger partial charge in [0.25, 0.3) is 0 Å². The second-order valence-corrected chi connectivity index (χ2v) is 4.86. The molecule has 3 atom stereocenters. The number of nitrogens with zero attached hydrogens (tertiary/aromatic N) is 2. The van der Waals surface area contributed by atoms with E-state index < -0.39 is 30.0 Å². The maximum atomic E-state index is 14.0. The van der Waals surface area contributed by atoms with E-state index in [4.69, 9.17) is 10.5 Å². The number of hydrogen-bond donors (Lipinski definition) is 2. The Bertz CT molecular complexity index is 532. The summed E-state index contributed by atoms with van der Waals surface area (Å²) in [7, 11) is 0. The summed E-state index contributed by atoms with van der Waals surface area (Å²) in [6.07, 6.45) is -3.82. The lowest BCUT2D eigenvalue weighted by molar-refractivity contribution is -0.141. The molecule has 6 nitrogen and oxygen atoms in total. The summed E-state index contributed by atoms with van der Waals surface area (Å²) in [5.41, 5.74) is 4.35. The van der Waals surface area contributed by atoms with E-state index in [2.05, 4.69) is 4.98 Å². The summed E-state index contributed by atoms with van der Waals surface area (Å²) >= 11 is 0. The van der Waals surface area contributed by atoms with E-state index in [1.807, 2.05) is 0 Å². The Labute approximate surface area is 107 Å². The van der Waals surface area contributed by atoms with Gasteiger partial charge in [-0.15, -0.1) is 0 Å². The first-order valence-electron chi connectivity index (χ1n) is 5.81. The Hall–Kier alpha value is -1.54. The van der Waals surface area contributed by atoms with Crippen LogP contribution in [0.5, 0.6) is 0 Å². The summed E-state index contributed by atoms with van der Waals surface area (Å²) in [6.45, 7) is 3.30. The van der Waals surface area contributed by atoms with E-state index in [1.165, 1.54) is 6.07 Å². The first kappa shape index (κ1) is 13.9. The van der Waals surface area contributed by atoms with E-state index in [9.17, 15) is 18.7 Å². The molecule has 1 aliphatic rings. The Morgan fingerprint density at radius 2 is 2.21 bits per heavy atom. The average Bonchev–Trinajstić information content (AvgIpc) is 2.52. The topological polar surface area (TPSA) is 90.4 Å². The number of ether oxygens (including phenoxy) is 1. The molecule has 8 heteroatoms. The van der Waals surface area contributed by atoms with Crippen LogP contribution in [0.15, 0.2) is 17.1 Å². The minimum absolute atomic E-state index is 0.0662. The highest BCUT2D eigenvalue weighted by Gasteiger charge is 2.60. The number of halogens is 2. The molecule has 19 heavy (non-hydrogen) atoms.